The third kappa shape index (κ3) is 5.94. The van der Waals surface area contributed by atoms with Gasteiger partial charge in [0.25, 0.3) is 11.4 Å². The van der Waals surface area contributed by atoms with E-state index in [1.165, 1.54) is 0 Å². The Morgan fingerprint density at radius 1 is 0.824 bits per heavy atom. The van der Waals surface area contributed by atoms with Crippen LogP contribution in [0.25, 0.3) is 0 Å². The quantitative estimate of drug-likeness (QED) is 0.323. The van der Waals surface area contributed by atoms with Crippen LogP contribution in [0.1, 0.15) is 60.7 Å². The van der Waals surface area contributed by atoms with Crippen molar-refractivity contribution in [1.29, 1.82) is 0 Å². The van der Waals surface area contributed by atoms with Crippen molar-refractivity contribution in [2.24, 2.45) is 11.3 Å². The second-order valence-electron chi connectivity index (χ2n) is 9.38. The number of rotatable bonds is 6. The summed E-state index contributed by atoms with van der Waals surface area (Å²) in [6.07, 6.45) is 0.0722. The summed E-state index contributed by atoms with van der Waals surface area (Å²) in [5.74, 6) is -1.30. The molecule has 1 saturated carbocycles. The van der Waals surface area contributed by atoms with Crippen molar-refractivity contribution in [1.82, 2.24) is 0 Å². The summed E-state index contributed by atoms with van der Waals surface area (Å²) >= 11 is 0. The molecule has 0 N–H and O–H groups in total. The lowest BCUT2D eigenvalue weighted by molar-refractivity contribution is -0.394. The maximum absolute atomic E-state index is 12.8. The van der Waals surface area contributed by atoms with Crippen LogP contribution in [-0.4, -0.2) is 34.0 Å². The number of carbonyl (C=O) groups excluding carboxylic acids is 2. The second-order valence-corrected chi connectivity index (χ2v) is 9.38. The Kier molecular flexibility index (Phi) is 7.29. The van der Waals surface area contributed by atoms with Crippen LogP contribution in [0.3, 0.4) is 0 Å². The fourth-order valence-electron chi connectivity index (χ4n) is 4.06. The van der Waals surface area contributed by atoms with Gasteiger partial charge in [0.1, 0.15) is 12.2 Å². The first-order valence-corrected chi connectivity index (χ1v) is 10.9. The van der Waals surface area contributed by atoms with Gasteiger partial charge in [-0.3, -0.25) is 20.2 Å². The number of nitro benzene ring substituents is 2. The molecule has 0 amide bonds. The molecule has 0 bridgehead atoms. The summed E-state index contributed by atoms with van der Waals surface area (Å²) in [5.41, 5.74) is -1.20. The number of nitro groups is 2. The summed E-state index contributed by atoms with van der Waals surface area (Å²) < 4.78 is 11.3. The highest BCUT2D eigenvalue weighted by Crippen LogP contribution is 2.40. The first kappa shape index (κ1) is 24.8. The standard InChI is InChI=1S/C24H26N2O8/c1-24(2,3)17-9-10-20(21(13-17)34-22(27)15-7-5-4-6-8-15)33-23(28)16-11-18(25(29)30)14-19(12-16)26(31)32/h4-8,11-12,14,17,20-21H,9-10,13H2,1-3H3. The van der Waals surface area contributed by atoms with Gasteiger partial charge < -0.3 is 9.47 Å². The van der Waals surface area contributed by atoms with Crippen LogP contribution >= 0.6 is 0 Å². The average Bonchev–Trinajstić information content (AvgIpc) is 2.79. The molecule has 10 heteroatoms. The summed E-state index contributed by atoms with van der Waals surface area (Å²) in [6, 6.07) is 11.1. The molecule has 1 fully saturated rings. The SMILES string of the molecule is CC(C)(C)C1CCC(OC(=O)c2cc([N+](=O)[O-])cc([N+](=O)[O-])c2)C(OC(=O)c2ccccc2)C1. The van der Waals surface area contributed by atoms with Crippen LogP contribution in [0.5, 0.6) is 0 Å². The third-order valence-electron chi connectivity index (χ3n) is 6.04. The molecule has 0 aliphatic heterocycles. The smallest absolute Gasteiger partial charge is 0.339 e. The van der Waals surface area contributed by atoms with Crippen LogP contribution in [0.4, 0.5) is 11.4 Å². The molecular weight excluding hydrogens is 444 g/mol. The zero-order chi connectivity index (χ0) is 25.0. The second kappa shape index (κ2) is 9.98. The first-order valence-electron chi connectivity index (χ1n) is 10.9. The summed E-state index contributed by atoms with van der Waals surface area (Å²) in [6.45, 7) is 6.26. The zero-order valence-electron chi connectivity index (χ0n) is 19.1. The van der Waals surface area contributed by atoms with Gasteiger partial charge in [0, 0.05) is 12.1 Å². The summed E-state index contributed by atoms with van der Waals surface area (Å²) in [4.78, 5) is 46.2. The van der Waals surface area contributed by atoms with E-state index in [-0.39, 0.29) is 16.9 Å². The molecule has 1 aliphatic carbocycles. The van der Waals surface area contributed by atoms with E-state index in [1.54, 1.807) is 30.3 Å². The molecule has 1 aliphatic rings. The molecule has 0 radical (unpaired) electrons. The Morgan fingerprint density at radius 3 is 1.88 bits per heavy atom. The highest BCUT2D eigenvalue weighted by molar-refractivity contribution is 5.91. The van der Waals surface area contributed by atoms with Gasteiger partial charge in [0.05, 0.1) is 27.0 Å². The van der Waals surface area contributed by atoms with Crippen LogP contribution in [0, 0.1) is 31.6 Å². The van der Waals surface area contributed by atoms with Gasteiger partial charge >= 0.3 is 11.9 Å². The molecule has 0 aromatic heterocycles. The van der Waals surface area contributed by atoms with Gasteiger partial charge in [-0.2, -0.15) is 0 Å². The van der Waals surface area contributed by atoms with Crippen molar-refractivity contribution in [3.63, 3.8) is 0 Å². The Bertz CT molecular complexity index is 1060. The lowest BCUT2D eigenvalue weighted by Crippen LogP contribution is -2.43. The van der Waals surface area contributed by atoms with Crippen molar-refractivity contribution in [3.8, 4) is 0 Å². The lowest BCUT2D eigenvalue weighted by Gasteiger charge is -2.40. The van der Waals surface area contributed by atoms with Gasteiger partial charge in [-0.25, -0.2) is 9.59 Å². The number of esters is 2. The average molecular weight is 470 g/mol. The molecule has 3 atom stereocenters. The van der Waals surface area contributed by atoms with E-state index in [9.17, 15) is 29.8 Å². The van der Waals surface area contributed by atoms with Crippen molar-refractivity contribution in [3.05, 3.63) is 79.9 Å². The predicted octanol–water partition coefficient (Wildman–Crippen LogP) is 5.10. The molecule has 0 saturated heterocycles. The van der Waals surface area contributed by atoms with Crippen LogP contribution in [0.2, 0.25) is 0 Å². The van der Waals surface area contributed by atoms with Crippen LogP contribution in [0.15, 0.2) is 48.5 Å². The molecule has 2 aromatic rings. The summed E-state index contributed by atoms with van der Waals surface area (Å²) in [7, 11) is 0. The fourth-order valence-corrected chi connectivity index (χ4v) is 4.06. The topological polar surface area (TPSA) is 139 Å². The minimum atomic E-state index is -0.952. The normalized spacial score (nSPS) is 20.3. The largest absolute Gasteiger partial charge is 0.455 e. The fraction of sp³-hybridized carbons (Fsp3) is 0.417. The molecule has 2 aromatic carbocycles. The molecule has 180 valence electrons. The number of benzene rings is 2. The van der Waals surface area contributed by atoms with E-state index in [0.717, 1.165) is 24.6 Å². The van der Waals surface area contributed by atoms with Crippen molar-refractivity contribution >= 4 is 23.3 Å². The Labute approximate surface area is 196 Å². The predicted molar refractivity (Wildman–Crippen MR) is 121 cm³/mol. The van der Waals surface area contributed by atoms with Gasteiger partial charge in [0.2, 0.25) is 0 Å². The highest BCUT2D eigenvalue weighted by Gasteiger charge is 2.40. The Hall–Kier alpha value is -3.82. The zero-order valence-corrected chi connectivity index (χ0v) is 19.1. The molecule has 0 spiro atoms. The Morgan fingerprint density at radius 2 is 1.35 bits per heavy atom. The molecule has 0 heterocycles. The number of hydrogen-bond acceptors (Lipinski definition) is 8. The van der Waals surface area contributed by atoms with E-state index >= 15 is 0 Å². The van der Waals surface area contributed by atoms with Crippen molar-refractivity contribution < 1.29 is 28.9 Å². The molecular formula is C24H26N2O8. The molecule has 3 rings (SSSR count). The maximum Gasteiger partial charge on any atom is 0.339 e. The van der Waals surface area contributed by atoms with E-state index in [1.807, 2.05) is 0 Å². The Balaban J connectivity index is 1.84. The maximum atomic E-state index is 12.8. The van der Waals surface area contributed by atoms with Crippen molar-refractivity contribution in [2.45, 2.75) is 52.2 Å². The van der Waals surface area contributed by atoms with Gasteiger partial charge in [-0.05, 0) is 42.7 Å². The van der Waals surface area contributed by atoms with Crippen molar-refractivity contribution in [2.75, 3.05) is 0 Å². The molecule has 3 unspecified atom stereocenters. The third-order valence-corrected chi connectivity index (χ3v) is 6.04. The number of ether oxygens (including phenoxy) is 2. The molecule has 34 heavy (non-hydrogen) atoms. The van der Waals surface area contributed by atoms with Crippen LogP contribution < -0.4 is 0 Å². The summed E-state index contributed by atoms with van der Waals surface area (Å²) in [5, 5.41) is 22.3. The number of carbonyl (C=O) groups is 2. The first-order chi connectivity index (χ1) is 16.0. The molecule has 10 nitrogen and oxygen atoms in total. The minimum absolute atomic E-state index is 0.0625. The van der Waals surface area contributed by atoms with Gasteiger partial charge in [-0.15, -0.1) is 0 Å². The number of hydrogen-bond donors (Lipinski definition) is 0. The van der Waals surface area contributed by atoms with E-state index < -0.39 is 45.4 Å². The minimum Gasteiger partial charge on any atom is -0.455 e. The van der Waals surface area contributed by atoms with E-state index in [2.05, 4.69) is 20.8 Å². The lowest BCUT2D eigenvalue weighted by atomic mass is 9.71. The monoisotopic (exact) mass is 470 g/mol. The van der Waals surface area contributed by atoms with Gasteiger partial charge in [-0.1, -0.05) is 39.0 Å². The van der Waals surface area contributed by atoms with E-state index in [0.29, 0.717) is 18.4 Å². The van der Waals surface area contributed by atoms with Gasteiger partial charge in [0.15, 0.2) is 0 Å². The number of nitrogens with zero attached hydrogens (tertiary/aromatic N) is 2. The number of non-ortho nitro benzene ring substituents is 2. The van der Waals surface area contributed by atoms with E-state index in [4.69, 9.17) is 9.47 Å². The highest BCUT2D eigenvalue weighted by atomic mass is 16.6. The van der Waals surface area contributed by atoms with Crippen LogP contribution in [-0.2, 0) is 9.47 Å².